The van der Waals surface area contributed by atoms with E-state index in [0.717, 1.165) is 131 Å². The van der Waals surface area contributed by atoms with Crippen LogP contribution in [0, 0.1) is 0 Å². The topological polar surface area (TPSA) is 188 Å². The number of halogens is 1. The van der Waals surface area contributed by atoms with Crippen LogP contribution in [0.15, 0.2) is 109 Å². The molecule has 444 valence electrons. The second-order valence-corrected chi connectivity index (χ2v) is 22.9. The predicted octanol–water partition coefficient (Wildman–Crippen LogP) is 13.1. The van der Waals surface area contributed by atoms with Crippen LogP contribution < -0.4 is 56.1 Å². The zero-order chi connectivity index (χ0) is 57.3. The van der Waals surface area contributed by atoms with E-state index in [-0.39, 0.29) is 85.5 Å². The number of alkyl halides is 1. The number of aromatic hydroxyl groups is 3. The first kappa shape index (κ1) is 65.4. The van der Waals surface area contributed by atoms with Gasteiger partial charge in [0.05, 0.1) is 17.7 Å². The SMILES string of the molecule is C.OCCCCCCCl.OCCCCCCOc1ccc(-c2nc(-c3ccc4c(c3)CCCC4)nc(-c3ccc4c(c3)CCCC4)n2)c(O)c1.Oc1ccc(-c2nc(-c3ccc4c(c3)CCCC4)nc(-c3ccc4c(c3)CCCC4)n2)c(O)c1.[2HH].[H-].[K+]. The summed E-state index contributed by atoms with van der Waals surface area (Å²) < 4.78 is 5.87. The van der Waals surface area contributed by atoms with Crippen LogP contribution in [0.1, 0.15) is 158 Å². The molecule has 0 saturated heterocycles. The molecule has 4 aliphatic rings. The Morgan fingerprint density at radius 2 is 0.706 bits per heavy atom. The van der Waals surface area contributed by atoms with Gasteiger partial charge in [0, 0.05) is 54.9 Å². The number of phenolic OH excluding ortho intramolecular Hbond substituents is 3. The minimum atomic E-state index is -0.0565. The number of fused-ring (bicyclic) bond motifs is 4. The number of benzene rings is 6. The van der Waals surface area contributed by atoms with Gasteiger partial charge in [0.1, 0.15) is 23.0 Å². The fraction of sp³-hybridized carbons (Fsp3) is 0.408. The van der Waals surface area contributed by atoms with Crippen LogP contribution >= 0.6 is 11.6 Å². The quantitative estimate of drug-likeness (QED) is 0.0311. The molecule has 12 rings (SSSR count). The van der Waals surface area contributed by atoms with E-state index in [2.05, 4.69) is 72.8 Å². The third kappa shape index (κ3) is 17.6. The summed E-state index contributed by atoms with van der Waals surface area (Å²) in [5, 5.41) is 48.6. The number of ether oxygens (including phenoxy) is 1. The molecule has 14 heteroatoms. The first-order valence-electron chi connectivity index (χ1n) is 30.5. The molecular formula is C71H86ClKN6O6. The number of aromatic nitrogens is 6. The first-order chi connectivity index (χ1) is 40.7. The Bertz CT molecular complexity index is 3340. The van der Waals surface area contributed by atoms with Gasteiger partial charge in [-0.25, -0.2) is 29.9 Å². The maximum Gasteiger partial charge on any atom is 1.00 e. The molecule has 0 amide bonds. The van der Waals surface area contributed by atoms with E-state index in [9.17, 15) is 15.3 Å². The number of hydrogen-bond donors (Lipinski definition) is 5. The zero-order valence-corrected chi connectivity index (χ0v) is 52.8. The molecule has 2 heterocycles. The van der Waals surface area contributed by atoms with E-state index in [1.165, 1.54) is 108 Å². The smallest absolute Gasteiger partial charge is 1.00 e. The Hall–Kier alpha value is -5.61. The second-order valence-electron chi connectivity index (χ2n) is 22.6. The molecule has 0 bridgehead atoms. The molecule has 5 N–H and O–H groups in total. The van der Waals surface area contributed by atoms with Gasteiger partial charge in [0.25, 0.3) is 0 Å². The van der Waals surface area contributed by atoms with Crippen molar-refractivity contribution in [3.63, 3.8) is 0 Å². The molecule has 0 radical (unpaired) electrons. The minimum absolute atomic E-state index is 0. The van der Waals surface area contributed by atoms with Crippen LogP contribution in [0.4, 0.5) is 0 Å². The van der Waals surface area contributed by atoms with Crippen LogP contribution in [0.3, 0.4) is 0 Å². The largest absolute Gasteiger partial charge is 1.00 e. The maximum absolute atomic E-state index is 11.0. The number of nitrogens with zero attached hydrogens (tertiary/aromatic N) is 6. The number of hydrogen-bond acceptors (Lipinski definition) is 12. The van der Waals surface area contributed by atoms with Gasteiger partial charge in [-0.1, -0.05) is 75.2 Å². The molecule has 0 fully saturated rings. The molecule has 12 nitrogen and oxygen atoms in total. The summed E-state index contributed by atoms with van der Waals surface area (Å²) >= 11 is 5.42. The number of unbranched alkanes of at least 4 members (excludes halogenated alkanes) is 6. The molecule has 8 aromatic rings. The molecule has 0 atom stereocenters. The Morgan fingerprint density at radius 3 is 1.06 bits per heavy atom. The average molecular weight is 1200 g/mol. The maximum atomic E-state index is 11.0. The summed E-state index contributed by atoms with van der Waals surface area (Å²) in [6, 6.07) is 36.0. The third-order valence-electron chi connectivity index (χ3n) is 16.5. The van der Waals surface area contributed by atoms with Crippen molar-refractivity contribution in [1.82, 2.24) is 29.9 Å². The van der Waals surface area contributed by atoms with Gasteiger partial charge in [-0.15, -0.1) is 11.6 Å². The molecule has 2 aromatic heterocycles. The van der Waals surface area contributed by atoms with Gasteiger partial charge in [-0.05, 0) is 228 Å². The summed E-state index contributed by atoms with van der Waals surface area (Å²) in [6.45, 7) is 1.12. The molecular weight excluding hydrogens is 1110 g/mol. The molecule has 4 aliphatic carbocycles. The monoisotopic (exact) mass is 1190 g/mol. The summed E-state index contributed by atoms with van der Waals surface area (Å²) in [7, 11) is 0. The summed E-state index contributed by atoms with van der Waals surface area (Å²) in [5.74, 6) is 4.69. The normalized spacial score (nSPS) is 13.8. The average Bonchev–Trinajstić information content (AvgIpc) is 2.18. The van der Waals surface area contributed by atoms with E-state index in [1.807, 2.05) is 12.1 Å². The van der Waals surface area contributed by atoms with Crippen LogP contribution in [-0.2, 0) is 51.4 Å². The minimum Gasteiger partial charge on any atom is -1.00 e. The second kappa shape index (κ2) is 32.9. The van der Waals surface area contributed by atoms with E-state index >= 15 is 0 Å². The molecule has 6 aromatic carbocycles. The number of phenols is 3. The number of aliphatic hydroxyl groups is 2. The Labute approximate surface area is 553 Å². The van der Waals surface area contributed by atoms with E-state index < -0.39 is 0 Å². The van der Waals surface area contributed by atoms with Gasteiger partial charge in [0.15, 0.2) is 34.9 Å². The Morgan fingerprint density at radius 1 is 0.376 bits per heavy atom. The number of rotatable bonds is 18. The van der Waals surface area contributed by atoms with Crippen molar-refractivity contribution < 1.29 is 84.5 Å². The molecule has 0 unspecified atom stereocenters. The Kier molecular flexibility index (Phi) is 25.3. The molecule has 0 aliphatic heterocycles. The molecule has 0 spiro atoms. The van der Waals surface area contributed by atoms with Gasteiger partial charge >= 0.3 is 51.4 Å². The van der Waals surface area contributed by atoms with E-state index in [0.29, 0.717) is 65.0 Å². The van der Waals surface area contributed by atoms with Crippen LogP contribution in [0.25, 0.3) is 68.3 Å². The first-order valence-corrected chi connectivity index (χ1v) is 31.0. The van der Waals surface area contributed by atoms with Crippen molar-refractivity contribution in [2.45, 2.75) is 162 Å². The molecule has 85 heavy (non-hydrogen) atoms. The van der Waals surface area contributed by atoms with Crippen molar-refractivity contribution in [2.75, 3.05) is 25.7 Å². The van der Waals surface area contributed by atoms with Crippen LogP contribution in [0.2, 0.25) is 0 Å². The standard InChI is InChI=1S/C35H39N3O3.C29H27N3O2.C6H13ClO.CH4.K.H2.H/c39-19-7-1-2-8-20-41-30-17-18-31(32(40)23-30)35-37-33(28-15-13-24-9-3-5-11-26(24)21-28)36-34(38-35)29-16-14-25-10-4-6-12-27(25)22-29;33-24-13-14-25(26(34)17-24)29-31-27(22-11-9-18-5-1-3-7-20(18)15-22)30-28(32-29)23-12-10-19-6-2-4-8-21(19)16-23;7-5-3-1-2-4-6-8;;;;/h13-18,21-23,39-40H,1-12,19-20H2;9-17,33-34H,1-8H2;8H,1-6H2;1H4;;1H;/q;;;;+1;;-1/i;;;;;1+1;. The van der Waals surface area contributed by atoms with Crippen LogP contribution in [0.5, 0.6) is 23.0 Å². The predicted molar refractivity (Wildman–Crippen MR) is 341 cm³/mol. The van der Waals surface area contributed by atoms with Gasteiger partial charge < -0.3 is 31.7 Å². The van der Waals surface area contributed by atoms with Crippen molar-refractivity contribution in [1.29, 1.82) is 0 Å². The number of aryl methyl sites for hydroxylation is 8. The van der Waals surface area contributed by atoms with Gasteiger partial charge in [-0.3, -0.25) is 0 Å². The Balaban J connectivity index is 0.000000240. The molecule has 0 saturated carbocycles. The summed E-state index contributed by atoms with van der Waals surface area (Å²) in [5.41, 5.74) is 16.1. The van der Waals surface area contributed by atoms with Crippen LogP contribution in [-0.4, -0.2) is 81.1 Å². The fourth-order valence-electron chi connectivity index (χ4n) is 11.8. The van der Waals surface area contributed by atoms with E-state index in [1.54, 1.807) is 12.1 Å². The van der Waals surface area contributed by atoms with Gasteiger partial charge in [-0.2, -0.15) is 0 Å². The van der Waals surface area contributed by atoms with Crippen molar-refractivity contribution in [3.05, 3.63) is 154 Å². The number of aliphatic hydroxyl groups excluding tert-OH is 2. The fourth-order valence-corrected chi connectivity index (χ4v) is 12.0. The van der Waals surface area contributed by atoms with Gasteiger partial charge in [0.2, 0.25) is 0 Å². The van der Waals surface area contributed by atoms with Crippen molar-refractivity contribution >= 4 is 11.6 Å². The van der Waals surface area contributed by atoms with E-state index in [4.69, 9.17) is 56.5 Å². The zero-order valence-electron chi connectivity index (χ0n) is 49.9. The third-order valence-corrected chi connectivity index (χ3v) is 16.8. The van der Waals surface area contributed by atoms with Crippen molar-refractivity contribution in [3.8, 4) is 91.3 Å². The summed E-state index contributed by atoms with van der Waals surface area (Å²) in [6.07, 6.45) is 26.7. The van der Waals surface area contributed by atoms with Crippen molar-refractivity contribution in [2.24, 2.45) is 0 Å². The summed E-state index contributed by atoms with van der Waals surface area (Å²) in [4.78, 5) is 29.2.